The van der Waals surface area contributed by atoms with Gasteiger partial charge in [-0.1, -0.05) is 41.7 Å². The SMILES string of the molecule is N[C@H](CNc1ncc(-c2ccc3c(c2)NC(=O)C3=Cc2cnc[nH]2)s1)Cc1c[nH]c2ccccc12. The molecule has 0 spiro atoms. The molecule has 6 N–H and O–H groups in total. The van der Waals surface area contributed by atoms with E-state index >= 15 is 0 Å². The van der Waals surface area contributed by atoms with E-state index in [0.29, 0.717) is 12.1 Å². The molecular formula is C26H23N7OS. The first-order valence-corrected chi connectivity index (χ1v) is 12.1. The van der Waals surface area contributed by atoms with E-state index in [1.807, 2.05) is 48.8 Å². The number of aromatic amines is 2. The van der Waals surface area contributed by atoms with Gasteiger partial charge in [-0.25, -0.2) is 9.97 Å². The van der Waals surface area contributed by atoms with Gasteiger partial charge in [0.25, 0.3) is 5.91 Å². The molecule has 6 rings (SSSR count). The number of carbonyl (C=O) groups excluding carboxylic acids is 1. The van der Waals surface area contributed by atoms with E-state index in [9.17, 15) is 4.79 Å². The number of imidazole rings is 1. The van der Waals surface area contributed by atoms with Crippen LogP contribution in [0.3, 0.4) is 0 Å². The number of carbonyl (C=O) groups is 1. The normalized spacial score (nSPS) is 14.9. The zero-order chi connectivity index (χ0) is 23.8. The highest BCUT2D eigenvalue weighted by Crippen LogP contribution is 2.38. The fourth-order valence-corrected chi connectivity index (χ4v) is 5.17. The summed E-state index contributed by atoms with van der Waals surface area (Å²) in [6.45, 7) is 0.620. The first-order valence-electron chi connectivity index (χ1n) is 11.3. The van der Waals surface area contributed by atoms with Gasteiger partial charge in [-0.05, 0) is 35.8 Å². The second kappa shape index (κ2) is 8.86. The number of fused-ring (bicyclic) bond motifs is 2. The van der Waals surface area contributed by atoms with Crippen LogP contribution in [0, 0.1) is 0 Å². The number of aromatic nitrogens is 4. The molecule has 0 bridgehead atoms. The van der Waals surface area contributed by atoms with Gasteiger partial charge < -0.3 is 26.3 Å². The number of amides is 1. The van der Waals surface area contributed by atoms with Crippen LogP contribution in [0.4, 0.5) is 10.8 Å². The minimum Gasteiger partial charge on any atom is -0.361 e. The maximum atomic E-state index is 12.5. The maximum absolute atomic E-state index is 12.5. The third-order valence-corrected chi connectivity index (χ3v) is 7.09. The van der Waals surface area contributed by atoms with Crippen LogP contribution < -0.4 is 16.4 Å². The Bertz CT molecular complexity index is 1550. The van der Waals surface area contributed by atoms with E-state index in [2.05, 4.69) is 42.7 Å². The molecule has 4 heterocycles. The summed E-state index contributed by atoms with van der Waals surface area (Å²) < 4.78 is 0. The van der Waals surface area contributed by atoms with E-state index in [1.54, 1.807) is 23.9 Å². The molecule has 1 aliphatic rings. The zero-order valence-corrected chi connectivity index (χ0v) is 19.5. The molecule has 8 nitrogen and oxygen atoms in total. The Balaban J connectivity index is 1.13. The van der Waals surface area contributed by atoms with E-state index in [4.69, 9.17) is 5.73 Å². The minimum atomic E-state index is -0.123. The number of thiazole rings is 1. The molecule has 35 heavy (non-hydrogen) atoms. The first-order chi connectivity index (χ1) is 17.1. The molecule has 0 radical (unpaired) electrons. The standard InChI is InChI=1S/C26H23N7OS/c27-17(7-16-10-29-22-4-2-1-3-19(16)22)11-30-26-31-13-24(35-26)15-5-6-20-21(9-18-12-28-14-32-18)25(34)33-23(20)8-15/h1-6,8-10,12-14,17,29H,7,11,27H2,(H,28,32)(H,30,31)(H,33,34)/t17-/m0/s1. The second-order valence-corrected chi connectivity index (χ2v) is 9.54. The van der Waals surface area contributed by atoms with Crippen LogP contribution in [0.5, 0.6) is 0 Å². The fourth-order valence-electron chi connectivity index (χ4n) is 4.35. The first kappa shape index (κ1) is 21.3. The van der Waals surface area contributed by atoms with Gasteiger partial charge in [0.05, 0.1) is 28.7 Å². The van der Waals surface area contributed by atoms with E-state index in [0.717, 1.165) is 44.5 Å². The van der Waals surface area contributed by atoms with Crippen LogP contribution in [-0.2, 0) is 11.2 Å². The summed E-state index contributed by atoms with van der Waals surface area (Å²) in [6.07, 6.45) is 9.74. The number of benzene rings is 2. The summed E-state index contributed by atoms with van der Waals surface area (Å²) >= 11 is 1.56. The number of nitrogens with zero attached hydrogens (tertiary/aromatic N) is 2. The number of hydrogen-bond acceptors (Lipinski definition) is 6. The van der Waals surface area contributed by atoms with Crippen LogP contribution in [0.1, 0.15) is 16.8 Å². The Morgan fingerprint density at radius 2 is 2.06 bits per heavy atom. The highest BCUT2D eigenvalue weighted by Gasteiger charge is 2.25. The number of para-hydroxylation sites is 1. The molecular weight excluding hydrogens is 458 g/mol. The molecule has 0 fully saturated rings. The quantitative estimate of drug-likeness (QED) is 0.219. The molecule has 1 atom stereocenters. The lowest BCUT2D eigenvalue weighted by atomic mass is 10.0. The molecule has 5 aromatic rings. The van der Waals surface area contributed by atoms with E-state index < -0.39 is 0 Å². The highest BCUT2D eigenvalue weighted by atomic mass is 32.1. The summed E-state index contributed by atoms with van der Waals surface area (Å²) in [5.41, 5.74) is 12.8. The molecule has 0 saturated carbocycles. The monoisotopic (exact) mass is 481 g/mol. The number of anilines is 2. The minimum absolute atomic E-state index is 0.0446. The highest BCUT2D eigenvalue weighted by molar-refractivity contribution is 7.18. The van der Waals surface area contributed by atoms with Crippen LogP contribution in [-0.4, -0.2) is 38.4 Å². The van der Waals surface area contributed by atoms with Gasteiger partial charge in [-0.15, -0.1) is 0 Å². The van der Waals surface area contributed by atoms with Crippen LogP contribution >= 0.6 is 11.3 Å². The smallest absolute Gasteiger partial charge is 0.256 e. The summed E-state index contributed by atoms with van der Waals surface area (Å²) in [6, 6.07) is 14.2. The van der Waals surface area contributed by atoms with Gasteiger partial charge in [0.2, 0.25) is 0 Å². The van der Waals surface area contributed by atoms with Crippen molar-refractivity contribution in [3.8, 4) is 10.4 Å². The van der Waals surface area contributed by atoms with Crippen molar-refractivity contribution in [2.75, 3.05) is 17.2 Å². The van der Waals surface area contributed by atoms with Gasteiger partial charge in [0.15, 0.2) is 5.13 Å². The van der Waals surface area contributed by atoms with Crippen molar-refractivity contribution in [3.63, 3.8) is 0 Å². The summed E-state index contributed by atoms with van der Waals surface area (Å²) in [5.74, 6) is -0.123. The number of hydrogen-bond donors (Lipinski definition) is 5. The van der Waals surface area contributed by atoms with Crippen molar-refractivity contribution in [1.82, 2.24) is 19.9 Å². The van der Waals surface area contributed by atoms with Crippen molar-refractivity contribution >= 4 is 50.6 Å². The van der Waals surface area contributed by atoms with Crippen molar-refractivity contribution in [2.45, 2.75) is 12.5 Å². The van der Waals surface area contributed by atoms with Gasteiger partial charge in [0, 0.05) is 47.1 Å². The van der Waals surface area contributed by atoms with Crippen molar-refractivity contribution in [3.05, 3.63) is 84.2 Å². The largest absolute Gasteiger partial charge is 0.361 e. The van der Waals surface area contributed by atoms with Crippen LogP contribution in [0.15, 0.2) is 67.4 Å². The molecule has 2 aromatic carbocycles. The topological polar surface area (TPSA) is 125 Å². The number of H-pyrrole nitrogens is 2. The van der Waals surface area contributed by atoms with Crippen molar-refractivity contribution in [2.24, 2.45) is 5.73 Å². The van der Waals surface area contributed by atoms with Crippen molar-refractivity contribution < 1.29 is 4.79 Å². The zero-order valence-electron chi connectivity index (χ0n) is 18.7. The van der Waals surface area contributed by atoms with Gasteiger partial charge in [-0.3, -0.25) is 4.79 Å². The Hall–Kier alpha value is -4.21. The maximum Gasteiger partial charge on any atom is 0.256 e. The number of rotatable bonds is 7. The van der Waals surface area contributed by atoms with Gasteiger partial charge in [0.1, 0.15) is 0 Å². The lowest BCUT2D eigenvalue weighted by Gasteiger charge is -2.11. The molecule has 174 valence electrons. The van der Waals surface area contributed by atoms with E-state index in [1.165, 1.54) is 10.9 Å². The third-order valence-electron chi connectivity index (χ3n) is 6.08. The summed E-state index contributed by atoms with van der Waals surface area (Å²) in [5, 5.41) is 8.36. The summed E-state index contributed by atoms with van der Waals surface area (Å²) in [4.78, 5) is 28.3. The molecule has 3 aromatic heterocycles. The average Bonchev–Trinajstić information content (AvgIpc) is 3.66. The second-order valence-electron chi connectivity index (χ2n) is 8.51. The van der Waals surface area contributed by atoms with Gasteiger partial charge in [-0.2, -0.15) is 0 Å². The molecule has 0 saturated heterocycles. The Morgan fingerprint density at radius 3 is 2.94 bits per heavy atom. The predicted octanol–water partition coefficient (Wildman–Crippen LogP) is 4.49. The lowest BCUT2D eigenvalue weighted by molar-refractivity contribution is -0.110. The molecule has 1 aliphatic heterocycles. The van der Waals surface area contributed by atoms with E-state index in [-0.39, 0.29) is 11.9 Å². The molecule has 9 heteroatoms. The Morgan fingerprint density at radius 1 is 1.14 bits per heavy atom. The molecule has 0 aliphatic carbocycles. The lowest BCUT2D eigenvalue weighted by Crippen LogP contribution is -2.31. The number of nitrogens with two attached hydrogens (primary N) is 1. The van der Waals surface area contributed by atoms with Crippen molar-refractivity contribution in [1.29, 1.82) is 0 Å². The number of nitrogens with one attached hydrogen (secondary N) is 4. The van der Waals surface area contributed by atoms with Gasteiger partial charge >= 0.3 is 0 Å². The summed E-state index contributed by atoms with van der Waals surface area (Å²) in [7, 11) is 0. The predicted molar refractivity (Wildman–Crippen MR) is 141 cm³/mol. The molecule has 1 amide bonds. The third kappa shape index (κ3) is 4.23. The Labute approximate surface area is 205 Å². The fraction of sp³-hybridized carbons (Fsp3) is 0.115. The van der Waals surface area contributed by atoms with Crippen LogP contribution in [0.2, 0.25) is 0 Å². The Kier molecular flexibility index (Phi) is 5.40. The molecule has 0 unspecified atom stereocenters. The van der Waals surface area contributed by atoms with Crippen LogP contribution in [0.25, 0.3) is 33.0 Å². The average molecular weight is 482 g/mol.